The van der Waals surface area contributed by atoms with Crippen molar-refractivity contribution in [3.05, 3.63) is 72.8 Å². The van der Waals surface area contributed by atoms with Crippen LogP contribution in [0.25, 0.3) is 0 Å². The molecule has 2 rings (SSSR count). The molecule has 0 saturated heterocycles. The van der Waals surface area contributed by atoms with Gasteiger partial charge in [0, 0.05) is 17.9 Å². The molecular formula is C21H25N3O2. The zero-order chi connectivity index (χ0) is 18.9. The molecule has 0 atom stereocenters. The maximum absolute atomic E-state index is 12.6. The second kappa shape index (κ2) is 9.53. The van der Waals surface area contributed by atoms with Gasteiger partial charge in [0.2, 0.25) is 11.8 Å². The van der Waals surface area contributed by atoms with E-state index in [4.69, 9.17) is 0 Å². The van der Waals surface area contributed by atoms with Crippen LogP contribution in [-0.2, 0) is 9.59 Å². The van der Waals surface area contributed by atoms with Crippen molar-refractivity contribution in [2.75, 3.05) is 36.9 Å². The molecule has 0 fully saturated rings. The third kappa shape index (κ3) is 5.86. The summed E-state index contributed by atoms with van der Waals surface area (Å²) in [4.78, 5) is 28.1. The van der Waals surface area contributed by atoms with E-state index in [1.54, 1.807) is 22.9 Å². The zero-order valence-corrected chi connectivity index (χ0v) is 15.3. The Balaban J connectivity index is 1.91. The first-order valence-electron chi connectivity index (χ1n) is 8.51. The zero-order valence-electron chi connectivity index (χ0n) is 15.3. The van der Waals surface area contributed by atoms with Crippen LogP contribution >= 0.6 is 0 Å². The van der Waals surface area contributed by atoms with Crippen molar-refractivity contribution in [3.8, 4) is 0 Å². The molecule has 0 radical (unpaired) electrons. The molecule has 1 N–H and O–H groups in total. The number of nitrogens with zero attached hydrogens (tertiary/aromatic N) is 2. The summed E-state index contributed by atoms with van der Waals surface area (Å²) in [6, 6.07) is 17.0. The molecule has 0 heterocycles. The maximum atomic E-state index is 12.6. The fourth-order valence-corrected chi connectivity index (χ4v) is 2.54. The van der Waals surface area contributed by atoms with Gasteiger partial charge >= 0.3 is 0 Å². The van der Waals surface area contributed by atoms with Gasteiger partial charge in [0.15, 0.2) is 0 Å². The average Bonchev–Trinajstić information content (AvgIpc) is 2.62. The predicted octanol–water partition coefficient (Wildman–Crippen LogP) is 3.08. The first-order valence-corrected chi connectivity index (χ1v) is 8.51. The number of benzene rings is 2. The number of rotatable bonds is 8. The summed E-state index contributed by atoms with van der Waals surface area (Å²) >= 11 is 0. The van der Waals surface area contributed by atoms with Crippen molar-refractivity contribution in [1.82, 2.24) is 4.90 Å². The lowest BCUT2D eigenvalue weighted by Gasteiger charge is -2.24. The van der Waals surface area contributed by atoms with Crippen LogP contribution in [0.4, 0.5) is 11.4 Å². The number of carbonyl (C=O) groups is 2. The minimum atomic E-state index is -0.154. The molecule has 26 heavy (non-hydrogen) atoms. The predicted molar refractivity (Wildman–Crippen MR) is 106 cm³/mol. The summed E-state index contributed by atoms with van der Waals surface area (Å²) in [6.45, 7) is 6.41. The molecule has 0 aromatic heterocycles. The van der Waals surface area contributed by atoms with Gasteiger partial charge in [-0.1, -0.05) is 42.0 Å². The highest BCUT2D eigenvalue weighted by Gasteiger charge is 2.17. The lowest BCUT2D eigenvalue weighted by atomic mass is 10.2. The minimum absolute atomic E-state index is 0.0817. The Bertz CT molecular complexity index is 742. The van der Waals surface area contributed by atoms with E-state index in [2.05, 4.69) is 11.9 Å². The minimum Gasteiger partial charge on any atom is -0.325 e. The summed E-state index contributed by atoms with van der Waals surface area (Å²) in [6.07, 6.45) is 1.69. The highest BCUT2D eigenvalue weighted by atomic mass is 16.2. The Morgan fingerprint density at radius 3 is 2.31 bits per heavy atom. The summed E-state index contributed by atoms with van der Waals surface area (Å²) in [5.74, 6) is -0.235. The van der Waals surface area contributed by atoms with Crippen LogP contribution in [0.5, 0.6) is 0 Å². The van der Waals surface area contributed by atoms with Gasteiger partial charge in [0.05, 0.1) is 13.1 Å². The number of hydrogen-bond acceptors (Lipinski definition) is 3. The van der Waals surface area contributed by atoms with Crippen LogP contribution < -0.4 is 10.2 Å². The number of para-hydroxylation sites is 1. The summed E-state index contributed by atoms with van der Waals surface area (Å²) in [5.41, 5.74) is 2.70. The number of hydrogen-bond donors (Lipinski definition) is 1. The van der Waals surface area contributed by atoms with Crippen LogP contribution in [0.2, 0.25) is 0 Å². The van der Waals surface area contributed by atoms with E-state index in [0.717, 1.165) is 16.9 Å². The number of aryl methyl sites for hydroxylation is 1. The molecule has 2 amide bonds. The SMILES string of the molecule is C=CCN(C(=O)CN(C)CC(=O)Nc1ccc(C)cc1)c1ccccc1. The van der Waals surface area contributed by atoms with Gasteiger partial charge in [-0.25, -0.2) is 0 Å². The molecule has 0 unspecified atom stereocenters. The Morgan fingerprint density at radius 2 is 1.69 bits per heavy atom. The number of carbonyl (C=O) groups excluding carboxylic acids is 2. The third-order valence-electron chi connectivity index (χ3n) is 3.83. The van der Waals surface area contributed by atoms with E-state index >= 15 is 0 Å². The van der Waals surface area contributed by atoms with E-state index in [-0.39, 0.29) is 24.9 Å². The van der Waals surface area contributed by atoms with Gasteiger partial charge in [-0.2, -0.15) is 0 Å². The highest BCUT2D eigenvalue weighted by Crippen LogP contribution is 2.14. The van der Waals surface area contributed by atoms with E-state index in [9.17, 15) is 9.59 Å². The Morgan fingerprint density at radius 1 is 1.04 bits per heavy atom. The topological polar surface area (TPSA) is 52.7 Å². The second-order valence-corrected chi connectivity index (χ2v) is 6.22. The molecule has 0 aliphatic heterocycles. The van der Waals surface area contributed by atoms with Gasteiger partial charge < -0.3 is 10.2 Å². The second-order valence-electron chi connectivity index (χ2n) is 6.22. The van der Waals surface area contributed by atoms with Gasteiger partial charge in [-0.05, 0) is 38.2 Å². The number of likely N-dealkylation sites (N-methyl/N-ethyl adjacent to an activating group) is 1. The molecule has 0 saturated carbocycles. The van der Waals surface area contributed by atoms with E-state index in [1.807, 2.05) is 61.5 Å². The first kappa shape index (κ1) is 19.4. The molecule has 5 nitrogen and oxygen atoms in total. The van der Waals surface area contributed by atoms with Crippen LogP contribution in [0.1, 0.15) is 5.56 Å². The van der Waals surface area contributed by atoms with Crippen molar-refractivity contribution < 1.29 is 9.59 Å². The third-order valence-corrected chi connectivity index (χ3v) is 3.83. The number of anilines is 2. The lowest BCUT2D eigenvalue weighted by Crippen LogP contribution is -2.41. The molecule has 136 valence electrons. The van der Waals surface area contributed by atoms with Crippen molar-refractivity contribution in [2.24, 2.45) is 0 Å². The van der Waals surface area contributed by atoms with Crippen LogP contribution in [0.15, 0.2) is 67.3 Å². The van der Waals surface area contributed by atoms with Gasteiger partial charge in [0.1, 0.15) is 0 Å². The summed E-state index contributed by atoms with van der Waals surface area (Å²) in [7, 11) is 1.75. The molecular weight excluding hydrogens is 326 g/mol. The van der Waals surface area contributed by atoms with Crippen molar-refractivity contribution in [3.63, 3.8) is 0 Å². The normalized spacial score (nSPS) is 10.4. The van der Waals surface area contributed by atoms with Gasteiger partial charge in [-0.15, -0.1) is 6.58 Å². The van der Waals surface area contributed by atoms with E-state index < -0.39 is 0 Å². The number of nitrogens with one attached hydrogen (secondary N) is 1. The first-order chi connectivity index (χ1) is 12.5. The molecule has 2 aromatic rings. The van der Waals surface area contributed by atoms with Crippen molar-refractivity contribution >= 4 is 23.2 Å². The van der Waals surface area contributed by atoms with Gasteiger partial charge in [0.25, 0.3) is 0 Å². The number of amides is 2. The van der Waals surface area contributed by atoms with E-state index in [1.165, 1.54) is 0 Å². The van der Waals surface area contributed by atoms with Crippen LogP contribution in [0, 0.1) is 6.92 Å². The summed E-state index contributed by atoms with van der Waals surface area (Å²) < 4.78 is 0. The Labute approximate surface area is 154 Å². The van der Waals surface area contributed by atoms with Crippen LogP contribution in [-0.4, -0.2) is 43.4 Å². The van der Waals surface area contributed by atoms with Crippen LogP contribution in [0.3, 0.4) is 0 Å². The average molecular weight is 351 g/mol. The van der Waals surface area contributed by atoms with E-state index in [0.29, 0.717) is 6.54 Å². The molecule has 0 spiro atoms. The van der Waals surface area contributed by atoms with Crippen molar-refractivity contribution in [2.45, 2.75) is 6.92 Å². The molecule has 0 aliphatic rings. The Hall–Kier alpha value is -2.92. The van der Waals surface area contributed by atoms with Gasteiger partial charge in [-0.3, -0.25) is 14.5 Å². The van der Waals surface area contributed by atoms with Crippen molar-refractivity contribution in [1.29, 1.82) is 0 Å². The monoisotopic (exact) mass is 351 g/mol. The lowest BCUT2D eigenvalue weighted by molar-refractivity contribution is -0.120. The molecule has 2 aromatic carbocycles. The largest absolute Gasteiger partial charge is 0.325 e. The standard InChI is InChI=1S/C21H25N3O2/c1-4-14-24(19-8-6-5-7-9-19)21(26)16-23(3)15-20(25)22-18-12-10-17(2)11-13-18/h4-13H,1,14-16H2,2-3H3,(H,22,25). The molecule has 0 bridgehead atoms. The highest BCUT2D eigenvalue weighted by molar-refractivity contribution is 5.96. The summed E-state index contributed by atoms with van der Waals surface area (Å²) in [5, 5.41) is 2.84. The Kier molecular flexibility index (Phi) is 7.12. The smallest absolute Gasteiger partial charge is 0.241 e. The fourth-order valence-electron chi connectivity index (χ4n) is 2.54. The fraction of sp³-hybridized carbons (Fsp3) is 0.238. The maximum Gasteiger partial charge on any atom is 0.241 e. The molecule has 0 aliphatic carbocycles. The molecule has 5 heteroatoms. The quantitative estimate of drug-likeness (QED) is 0.744.